The van der Waals surface area contributed by atoms with Gasteiger partial charge < -0.3 is 10.5 Å². The molecule has 3 rings (SSSR count). The molecule has 25 heavy (non-hydrogen) atoms. The van der Waals surface area contributed by atoms with Crippen LogP contribution in [-0.4, -0.2) is 11.1 Å². The fourth-order valence-electron chi connectivity index (χ4n) is 2.11. The van der Waals surface area contributed by atoms with Crippen molar-refractivity contribution in [2.75, 3.05) is 0 Å². The lowest BCUT2D eigenvalue weighted by Crippen LogP contribution is -2.01. The molecule has 2 aromatic carbocycles. The number of rotatable bonds is 4. The quantitative estimate of drug-likeness (QED) is 0.571. The Hall–Kier alpha value is -1.28. The normalized spacial score (nSPS) is 15.6. The van der Waals surface area contributed by atoms with E-state index < -0.39 is 0 Å². The van der Waals surface area contributed by atoms with Crippen molar-refractivity contribution in [2.45, 2.75) is 6.61 Å². The van der Waals surface area contributed by atoms with E-state index in [1.807, 2.05) is 36.4 Å². The first-order valence-electron chi connectivity index (χ1n) is 7.06. The van der Waals surface area contributed by atoms with Crippen molar-refractivity contribution in [3.63, 3.8) is 0 Å². The smallest absolute Gasteiger partial charge is 0.286 e. The third-order valence-electron chi connectivity index (χ3n) is 3.25. The van der Waals surface area contributed by atoms with Gasteiger partial charge in [0.05, 0.1) is 13.9 Å². The number of nitrogens with zero attached hydrogens (tertiary/aromatic N) is 1. The van der Waals surface area contributed by atoms with Gasteiger partial charge in [0.2, 0.25) is 0 Å². The van der Waals surface area contributed by atoms with Crippen LogP contribution in [0.3, 0.4) is 0 Å². The van der Waals surface area contributed by atoms with E-state index in [0.717, 1.165) is 31.8 Å². The van der Waals surface area contributed by atoms with Crippen LogP contribution >= 0.6 is 55.2 Å². The number of nitrogens with two attached hydrogens (primary N) is 1. The van der Waals surface area contributed by atoms with E-state index in [1.54, 1.807) is 6.08 Å². The molecule has 0 aromatic heterocycles. The van der Waals surface area contributed by atoms with Gasteiger partial charge in [0, 0.05) is 5.02 Å². The molecule has 0 bridgehead atoms. The molecule has 1 amide bonds. The summed E-state index contributed by atoms with van der Waals surface area (Å²) < 4.78 is 7.43. The predicted molar refractivity (Wildman–Crippen MR) is 110 cm³/mol. The van der Waals surface area contributed by atoms with Gasteiger partial charge in [-0.2, -0.15) is 4.99 Å². The van der Waals surface area contributed by atoms with Crippen molar-refractivity contribution in [2.24, 2.45) is 10.7 Å². The molecule has 4 nitrogen and oxygen atoms in total. The molecule has 0 atom stereocenters. The van der Waals surface area contributed by atoms with Crippen molar-refractivity contribution in [1.82, 2.24) is 0 Å². The molecule has 0 saturated heterocycles. The summed E-state index contributed by atoms with van der Waals surface area (Å²) in [4.78, 5) is 15.9. The van der Waals surface area contributed by atoms with Gasteiger partial charge in [-0.15, -0.1) is 0 Å². The van der Waals surface area contributed by atoms with Gasteiger partial charge in [-0.3, -0.25) is 4.79 Å². The molecule has 1 aliphatic rings. The standard InChI is InChI=1S/C17H11Br2ClN2O2S/c18-12-5-10(7-14-16(23)22-17(21)25-14)6-13(19)15(12)24-8-9-1-3-11(20)4-2-9/h1-7H,8H2,(H2,21,22,23). The van der Waals surface area contributed by atoms with Gasteiger partial charge in [-0.05, 0) is 85.1 Å². The molecule has 0 saturated carbocycles. The van der Waals surface area contributed by atoms with Gasteiger partial charge in [0.1, 0.15) is 12.4 Å². The van der Waals surface area contributed by atoms with Crippen molar-refractivity contribution in [1.29, 1.82) is 0 Å². The summed E-state index contributed by atoms with van der Waals surface area (Å²) >= 11 is 14.1. The number of carbonyl (C=O) groups excluding carboxylic acids is 1. The molecule has 0 aliphatic carbocycles. The Morgan fingerprint density at radius 1 is 1.20 bits per heavy atom. The van der Waals surface area contributed by atoms with Crippen molar-refractivity contribution >= 4 is 72.4 Å². The van der Waals surface area contributed by atoms with E-state index in [4.69, 9.17) is 22.1 Å². The SMILES string of the molecule is NC1=NC(=O)C(=Cc2cc(Br)c(OCc3ccc(Cl)cc3)c(Br)c2)S1. The van der Waals surface area contributed by atoms with Crippen LogP contribution in [0.4, 0.5) is 0 Å². The number of amidine groups is 1. The zero-order valence-corrected chi connectivity index (χ0v) is 17.4. The zero-order chi connectivity index (χ0) is 18.0. The lowest BCUT2D eigenvalue weighted by Gasteiger charge is -2.12. The van der Waals surface area contributed by atoms with E-state index >= 15 is 0 Å². The fourth-order valence-corrected chi connectivity index (χ4v) is 4.37. The predicted octanol–water partition coefficient (Wildman–Crippen LogP) is 5.37. The number of aliphatic imine (C=N–C) groups is 1. The number of benzene rings is 2. The number of halogens is 3. The van der Waals surface area contributed by atoms with E-state index in [9.17, 15) is 4.79 Å². The second-order valence-corrected chi connectivity index (χ2v) is 8.30. The van der Waals surface area contributed by atoms with Crippen LogP contribution in [0.15, 0.2) is 55.2 Å². The van der Waals surface area contributed by atoms with Gasteiger partial charge in [-0.1, -0.05) is 23.7 Å². The topological polar surface area (TPSA) is 64.7 Å². The molecule has 0 spiro atoms. The molecule has 8 heteroatoms. The summed E-state index contributed by atoms with van der Waals surface area (Å²) in [6, 6.07) is 11.2. The maximum atomic E-state index is 11.7. The Morgan fingerprint density at radius 2 is 1.84 bits per heavy atom. The Labute approximate surface area is 170 Å². The molecular weight excluding hydrogens is 492 g/mol. The minimum atomic E-state index is -0.321. The lowest BCUT2D eigenvalue weighted by molar-refractivity contribution is -0.113. The van der Waals surface area contributed by atoms with E-state index in [2.05, 4.69) is 36.9 Å². The van der Waals surface area contributed by atoms with Gasteiger partial charge in [0.25, 0.3) is 5.91 Å². The Bertz CT molecular complexity index is 875. The van der Waals surface area contributed by atoms with Crippen LogP contribution in [0.2, 0.25) is 5.02 Å². The highest BCUT2D eigenvalue weighted by atomic mass is 79.9. The number of hydrogen-bond donors (Lipinski definition) is 1. The summed E-state index contributed by atoms with van der Waals surface area (Å²) in [5.41, 5.74) is 7.40. The maximum absolute atomic E-state index is 11.7. The summed E-state index contributed by atoms with van der Waals surface area (Å²) in [6.45, 7) is 0.410. The largest absolute Gasteiger partial charge is 0.487 e. The molecular formula is C17H11Br2ClN2O2S. The van der Waals surface area contributed by atoms with Crippen molar-refractivity contribution < 1.29 is 9.53 Å². The zero-order valence-electron chi connectivity index (χ0n) is 12.6. The number of hydrogen-bond acceptors (Lipinski definition) is 4. The number of ether oxygens (including phenoxy) is 1. The summed E-state index contributed by atoms with van der Waals surface area (Å²) in [5, 5.41) is 0.949. The molecule has 1 aliphatic heterocycles. The van der Waals surface area contributed by atoms with Gasteiger partial charge in [0.15, 0.2) is 5.17 Å². The van der Waals surface area contributed by atoms with E-state index in [-0.39, 0.29) is 11.1 Å². The average molecular weight is 503 g/mol. The van der Waals surface area contributed by atoms with Crippen molar-refractivity contribution in [3.8, 4) is 5.75 Å². The molecule has 0 radical (unpaired) electrons. The third kappa shape index (κ3) is 4.67. The van der Waals surface area contributed by atoms with Crippen LogP contribution in [0, 0.1) is 0 Å². The van der Waals surface area contributed by atoms with Crippen LogP contribution < -0.4 is 10.5 Å². The Balaban J connectivity index is 1.77. The third-order valence-corrected chi connectivity index (χ3v) is 5.49. The summed E-state index contributed by atoms with van der Waals surface area (Å²) in [5.74, 6) is 0.357. The first-order valence-corrected chi connectivity index (χ1v) is 9.85. The molecule has 2 N–H and O–H groups in total. The molecule has 128 valence electrons. The molecule has 0 fully saturated rings. The van der Waals surface area contributed by atoms with E-state index in [1.165, 1.54) is 0 Å². The highest BCUT2D eigenvalue weighted by Crippen LogP contribution is 2.37. The summed E-state index contributed by atoms with van der Waals surface area (Å²) in [7, 11) is 0. The average Bonchev–Trinajstić information content (AvgIpc) is 2.86. The second-order valence-electron chi connectivity index (χ2n) is 5.09. The van der Waals surface area contributed by atoms with Crippen molar-refractivity contribution in [3.05, 3.63) is 66.4 Å². The minimum Gasteiger partial charge on any atom is -0.487 e. The van der Waals surface area contributed by atoms with Crippen LogP contribution in [0.25, 0.3) is 6.08 Å². The Kier molecular flexibility index (Phi) is 5.89. The minimum absolute atomic E-state index is 0.261. The van der Waals surface area contributed by atoms with Crippen LogP contribution in [-0.2, 0) is 11.4 Å². The highest BCUT2D eigenvalue weighted by Gasteiger charge is 2.20. The molecule has 2 aromatic rings. The highest BCUT2D eigenvalue weighted by molar-refractivity contribution is 9.11. The monoisotopic (exact) mass is 500 g/mol. The number of thioether (sulfide) groups is 1. The van der Waals surface area contributed by atoms with Gasteiger partial charge >= 0.3 is 0 Å². The number of carbonyl (C=O) groups is 1. The van der Waals surface area contributed by atoms with E-state index in [0.29, 0.717) is 22.3 Å². The summed E-state index contributed by atoms with van der Waals surface area (Å²) in [6.07, 6.45) is 1.74. The van der Waals surface area contributed by atoms with Crippen LogP contribution in [0.1, 0.15) is 11.1 Å². The Morgan fingerprint density at radius 3 is 2.40 bits per heavy atom. The first-order chi connectivity index (χ1) is 11.9. The molecule has 1 heterocycles. The van der Waals surface area contributed by atoms with Gasteiger partial charge in [-0.25, -0.2) is 0 Å². The lowest BCUT2D eigenvalue weighted by atomic mass is 10.2. The number of amides is 1. The molecule has 0 unspecified atom stereocenters. The fraction of sp³-hybridized carbons (Fsp3) is 0.0588. The second kappa shape index (κ2) is 7.95. The maximum Gasteiger partial charge on any atom is 0.286 e. The first kappa shape index (κ1) is 18.5. The van der Waals surface area contributed by atoms with Crippen LogP contribution in [0.5, 0.6) is 5.75 Å².